The van der Waals surface area contributed by atoms with E-state index in [0.29, 0.717) is 5.69 Å². The molecule has 0 aliphatic rings. The second-order valence-corrected chi connectivity index (χ2v) is 5.31. The average molecular weight is 313 g/mol. The van der Waals surface area contributed by atoms with Crippen LogP contribution in [0, 0.1) is 0 Å². The van der Waals surface area contributed by atoms with Crippen molar-refractivity contribution >= 4 is 17.7 Å². The molecule has 0 aromatic heterocycles. The topological polar surface area (TPSA) is 75.6 Å². The highest BCUT2D eigenvalue weighted by molar-refractivity contribution is 5.84. The maximum Gasteiger partial charge on any atom is 0.411 e. The molecule has 2 aromatic carbocycles. The van der Waals surface area contributed by atoms with E-state index in [-0.39, 0.29) is 18.9 Å². The summed E-state index contributed by atoms with van der Waals surface area (Å²) in [5, 5.41) is 11.4. The van der Waals surface area contributed by atoms with Crippen molar-refractivity contribution in [3.8, 4) is 0 Å². The zero-order valence-electron chi connectivity index (χ0n) is 12.9. The quantitative estimate of drug-likeness (QED) is 0.844. The molecule has 0 fully saturated rings. The van der Waals surface area contributed by atoms with Gasteiger partial charge >= 0.3 is 12.1 Å². The molecular weight excluding hydrogens is 294 g/mol. The van der Waals surface area contributed by atoms with E-state index in [1.54, 1.807) is 24.3 Å². The maximum atomic E-state index is 11.7. The van der Waals surface area contributed by atoms with Crippen molar-refractivity contribution in [2.24, 2.45) is 0 Å². The summed E-state index contributed by atoms with van der Waals surface area (Å²) in [4.78, 5) is 22.4. The molecule has 23 heavy (non-hydrogen) atoms. The van der Waals surface area contributed by atoms with E-state index in [1.165, 1.54) is 0 Å². The molecule has 0 radical (unpaired) electrons. The number of carbonyl (C=O) groups excluding carboxylic acids is 1. The fourth-order valence-corrected chi connectivity index (χ4v) is 2.15. The molecule has 2 aromatic rings. The number of nitrogens with one attached hydrogen (secondary N) is 1. The molecule has 0 spiro atoms. The van der Waals surface area contributed by atoms with Crippen molar-refractivity contribution in [3.63, 3.8) is 0 Å². The van der Waals surface area contributed by atoms with Crippen molar-refractivity contribution < 1.29 is 19.4 Å². The number of rotatable bonds is 6. The van der Waals surface area contributed by atoms with Gasteiger partial charge in [-0.25, -0.2) is 4.79 Å². The summed E-state index contributed by atoms with van der Waals surface area (Å²) in [5.41, 5.74) is 2.44. The van der Waals surface area contributed by atoms with Crippen LogP contribution in [0.1, 0.15) is 30.4 Å². The maximum absolute atomic E-state index is 11.7. The first kappa shape index (κ1) is 16.5. The number of hydrogen-bond donors (Lipinski definition) is 2. The zero-order valence-corrected chi connectivity index (χ0v) is 12.9. The lowest BCUT2D eigenvalue weighted by Crippen LogP contribution is -2.13. The third kappa shape index (κ3) is 5.47. The van der Waals surface area contributed by atoms with Gasteiger partial charge in [0.1, 0.15) is 6.61 Å². The van der Waals surface area contributed by atoms with Gasteiger partial charge in [-0.15, -0.1) is 0 Å². The number of carboxylic acids is 1. The van der Waals surface area contributed by atoms with Crippen molar-refractivity contribution in [2.45, 2.75) is 25.9 Å². The molecule has 5 nitrogen and oxygen atoms in total. The number of anilines is 1. The summed E-state index contributed by atoms with van der Waals surface area (Å²) in [5.74, 6) is -0.907. The Kier molecular flexibility index (Phi) is 5.74. The summed E-state index contributed by atoms with van der Waals surface area (Å²) in [6.45, 7) is 2.06. The van der Waals surface area contributed by atoms with E-state index in [2.05, 4.69) is 5.32 Å². The molecule has 0 aliphatic carbocycles. The zero-order chi connectivity index (χ0) is 16.7. The number of amides is 1. The van der Waals surface area contributed by atoms with Gasteiger partial charge in [-0.05, 0) is 29.2 Å². The van der Waals surface area contributed by atoms with E-state index < -0.39 is 12.1 Å². The lowest BCUT2D eigenvalue weighted by Gasteiger charge is -2.11. The van der Waals surface area contributed by atoms with Gasteiger partial charge in [0.05, 0.1) is 6.42 Å². The van der Waals surface area contributed by atoms with Gasteiger partial charge in [0.15, 0.2) is 0 Å². The standard InChI is InChI=1S/C18H19NO4/c1-13(11-17(20)21)15-7-9-16(10-8-15)19-18(22)23-12-14-5-3-2-4-6-14/h2-10,13H,11-12H2,1H3,(H,19,22)(H,20,21). The first-order valence-corrected chi connectivity index (χ1v) is 7.34. The SMILES string of the molecule is CC(CC(=O)O)c1ccc(NC(=O)OCc2ccccc2)cc1. The first-order chi connectivity index (χ1) is 11.0. The Morgan fingerprint density at radius 1 is 1.09 bits per heavy atom. The van der Waals surface area contributed by atoms with Gasteiger partial charge in [0.2, 0.25) is 0 Å². The van der Waals surface area contributed by atoms with Crippen molar-refractivity contribution in [1.29, 1.82) is 0 Å². The van der Waals surface area contributed by atoms with E-state index in [1.807, 2.05) is 37.3 Å². The lowest BCUT2D eigenvalue weighted by molar-refractivity contribution is -0.137. The molecule has 1 atom stereocenters. The van der Waals surface area contributed by atoms with Crippen LogP contribution in [0.5, 0.6) is 0 Å². The number of carbonyl (C=O) groups is 2. The third-order valence-electron chi connectivity index (χ3n) is 3.42. The van der Waals surface area contributed by atoms with Crippen LogP contribution >= 0.6 is 0 Å². The largest absolute Gasteiger partial charge is 0.481 e. The minimum Gasteiger partial charge on any atom is -0.481 e. The van der Waals surface area contributed by atoms with Crippen LogP contribution in [0.2, 0.25) is 0 Å². The van der Waals surface area contributed by atoms with Crippen LogP contribution in [-0.4, -0.2) is 17.2 Å². The Morgan fingerprint density at radius 3 is 2.35 bits per heavy atom. The van der Waals surface area contributed by atoms with Gasteiger partial charge in [-0.3, -0.25) is 10.1 Å². The molecule has 0 heterocycles. The fraction of sp³-hybridized carbons (Fsp3) is 0.222. The summed E-state index contributed by atoms with van der Waals surface area (Å²) in [7, 11) is 0. The molecule has 5 heteroatoms. The molecule has 2 N–H and O–H groups in total. The highest BCUT2D eigenvalue weighted by Gasteiger charge is 2.10. The van der Waals surface area contributed by atoms with Crippen LogP contribution in [0.4, 0.5) is 10.5 Å². The molecule has 1 unspecified atom stereocenters. The number of hydrogen-bond acceptors (Lipinski definition) is 3. The summed E-state index contributed by atoms with van der Waals surface area (Å²) in [6, 6.07) is 16.5. The van der Waals surface area contributed by atoms with Crippen LogP contribution in [0.25, 0.3) is 0 Å². The number of benzene rings is 2. The Bertz CT molecular complexity index is 652. The smallest absolute Gasteiger partial charge is 0.411 e. The minimum atomic E-state index is -0.829. The van der Waals surface area contributed by atoms with Gasteiger partial charge in [-0.1, -0.05) is 49.4 Å². The van der Waals surface area contributed by atoms with Gasteiger partial charge < -0.3 is 9.84 Å². The normalized spacial score (nSPS) is 11.5. The molecular formula is C18H19NO4. The van der Waals surface area contributed by atoms with Crippen molar-refractivity contribution in [2.75, 3.05) is 5.32 Å². The Hall–Kier alpha value is -2.82. The Balaban J connectivity index is 1.85. The van der Waals surface area contributed by atoms with E-state index >= 15 is 0 Å². The van der Waals surface area contributed by atoms with E-state index in [4.69, 9.17) is 9.84 Å². The fourth-order valence-electron chi connectivity index (χ4n) is 2.15. The van der Waals surface area contributed by atoms with Crippen LogP contribution in [0.3, 0.4) is 0 Å². The lowest BCUT2D eigenvalue weighted by atomic mass is 9.98. The predicted molar refractivity (Wildman–Crippen MR) is 87.4 cm³/mol. The molecule has 0 aliphatic heterocycles. The second kappa shape index (κ2) is 7.98. The molecule has 0 saturated heterocycles. The highest BCUT2D eigenvalue weighted by Crippen LogP contribution is 2.21. The monoisotopic (exact) mass is 313 g/mol. The van der Waals surface area contributed by atoms with Crippen molar-refractivity contribution in [3.05, 3.63) is 65.7 Å². The third-order valence-corrected chi connectivity index (χ3v) is 3.42. The minimum absolute atomic E-state index is 0.0753. The van der Waals surface area contributed by atoms with E-state index in [0.717, 1.165) is 11.1 Å². The molecule has 2 rings (SSSR count). The molecule has 0 saturated carbocycles. The number of carboxylic acid groups (broad SMARTS) is 1. The Morgan fingerprint density at radius 2 is 1.74 bits per heavy atom. The average Bonchev–Trinajstić information content (AvgIpc) is 2.54. The summed E-state index contributed by atoms with van der Waals surface area (Å²) >= 11 is 0. The summed E-state index contributed by atoms with van der Waals surface area (Å²) < 4.78 is 5.13. The highest BCUT2D eigenvalue weighted by atomic mass is 16.5. The predicted octanol–water partition coefficient (Wildman–Crippen LogP) is 4.01. The number of ether oxygens (including phenoxy) is 1. The molecule has 0 bridgehead atoms. The van der Waals surface area contributed by atoms with Crippen LogP contribution in [-0.2, 0) is 16.1 Å². The second-order valence-electron chi connectivity index (χ2n) is 5.31. The Labute approximate surface area is 134 Å². The van der Waals surface area contributed by atoms with Crippen molar-refractivity contribution in [1.82, 2.24) is 0 Å². The van der Waals surface area contributed by atoms with Gasteiger partial charge in [0, 0.05) is 5.69 Å². The van der Waals surface area contributed by atoms with Crippen LogP contribution in [0.15, 0.2) is 54.6 Å². The van der Waals surface area contributed by atoms with E-state index in [9.17, 15) is 9.59 Å². The summed E-state index contributed by atoms with van der Waals surface area (Å²) in [6.07, 6.45) is -0.452. The molecule has 1 amide bonds. The first-order valence-electron chi connectivity index (χ1n) is 7.34. The van der Waals surface area contributed by atoms with Gasteiger partial charge in [0.25, 0.3) is 0 Å². The van der Waals surface area contributed by atoms with Crippen LogP contribution < -0.4 is 5.32 Å². The van der Waals surface area contributed by atoms with Gasteiger partial charge in [-0.2, -0.15) is 0 Å². The number of aliphatic carboxylic acids is 1. The molecule has 120 valence electrons.